The summed E-state index contributed by atoms with van der Waals surface area (Å²) < 4.78 is 5.03. The molecule has 1 aromatic rings. The Balaban J connectivity index is 2.25. The number of carbonyl (C=O) groups excluding carboxylic acids is 1. The Kier molecular flexibility index (Phi) is 5.49. The van der Waals surface area contributed by atoms with Crippen molar-refractivity contribution >= 4 is 23.5 Å². The third kappa shape index (κ3) is 5.92. The van der Waals surface area contributed by atoms with Gasteiger partial charge in [-0.1, -0.05) is 11.6 Å². The van der Waals surface area contributed by atoms with Crippen molar-refractivity contribution in [1.82, 2.24) is 0 Å². The highest BCUT2D eigenvalue weighted by Crippen LogP contribution is 2.16. The van der Waals surface area contributed by atoms with Gasteiger partial charge in [0, 0.05) is 17.9 Å². The van der Waals surface area contributed by atoms with E-state index in [-0.39, 0.29) is 18.8 Å². The second kappa shape index (κ2) is 6.91. The normalized spacial score (nSPS) is 9.94. The average Bonchev–Trinajstić information content (AvgIpc) is 2.27. The smallest absolute Gasteiger partial charge is 0.311 e. The van der Waals surface area contributed by atoms with Crippen LogP contribution in [0.25, 0.3) is 0 Å². The molecule has 0 aliphatic rings. The minimum absolute atomic E-state index is 0.0776. The summed E-state index contributed by atoms with van der Waals surface area (Å²) in [5, 5.41) is 8.99. The molecule has 0 aromatic heterocycles. The molecule has 92 valence electrons. The molecule has 0 heterocycles. The van der Waals surface area contributed by atoms with Gasteiger partial charge < -0.3 is 9.84 Å². The van der Waals surface area contributed by atoms with Crippen molar-refractivity contribution < 1.29 is 19.4 Å². The van der Waals surface area contributed by atoms with Crippen LogP contribution >= 0.6 is 11.6 Å². The lowest BCUT2D eigenvalue weighted by atomic mass is 10.2. The molecule has 0 aliphatic carbocycles. The molecular formula is C12H13ClO4. The van der Waals surface area contributed by atoms with Crippen molar-refractivity contribution in [2.45, 2.75) is 25.7 Å². The number of hydrogen-bond donors (Lipinski definition) is 1. The lowest BCUT2D eigenvalue weighted by Crippen LogP contribution is -2.07. The van der Waals surface area contributed by atoms with Crippen molar-refractivity contribution in [1.29, 1.82) is 0 Å². The first-order valence-corrected chi connectivity index (χ1v) is 5.64. The number of carbonyl (C=O) groups is 2. The number of carboxylic acid groups (broad SMARTS) is 1. The number of halogens is 1. The van der Waals surface area contributed by atoms with Crippen LogP contribution in [0, 0.1) is 0 Å². The highest BCUT2D eigenvalue weighted by atomic mass is 35.5. The highest BCUT2D eigenvalue weighted by molar-refractivity contribution is 6.30. The topological polar surface area (TPSA) is 63.6 Å². The van der Waals surface area contributed by atoms with Gasteiger partial charge in [0.25, 0.3) is 0 Å². The number of esters is 1. The van der Waals surface area contributed by atoms with E-state index in [0.29, 0.717) is 23.6 Å². The van der Waals surface area contributed by atoms with E-state index in [2.05, 4.69) is 0 Å². The summed E-state index contributed by atoms with van der Waals surface area (Å²) in [6.07, 6.45) is 1.29. The number of ether oxygens (including phenoxy) is 1. The molecule has 0 bridgehead atoms. The molecule has 4 nitrogen and oxygen atoms in total. The summed E-state index contributed by atoms with van der Waals surface area (Å²) >= 11 is 5.68. The summed E-state index contributed by atoms with van der Waals surface area (Å²) in [6.45, 7) is 0. The largest absolute Gasteiger partial charge is 0.481 e. The highest BCUT2D eigenvalue weighted by Gasteiger charge is 2.05. The van der Waals surface area contributed by atoms with Gasteiger partial charge in [0.1, 0.15) is 5.75 Å². The van der Waals surface area contributed by atoms with Crippen LogP contribution in [-0.2, 0) is 9.59 Å². The Morgan fingerprint density at radius 3 is 2.29 bits per heavy atom. The third-order valence-corrected chi connectivity index (χ3v) is 2.32. The summed E-state index contributed by atoms with van der Waals surface area (Å²) in [4.78, 5) is 21.6. The molecule has 0 aliphatic heterocycles. The predicted octanol–water partition coefficient (Wildman–Crippen LogP) is 2.89. The standard InChI is InChI=1S/C12H13ClO4/c13-9-5-7-10(8-6-9)17-12(16)4-2-1-3-11(14)15/h5-8H,1-4H2,(H,14,15). The van der Waals surface area contributed by atoms with Crippen LogP contribution in [0.15, 0.2) is 24.3 Å². The van der Waals surface area contributed by atoms with Gasteiger partial charge in [-0.25, -0.2) is 0 Å². The fourth-order valence-electron chi connectivity index (χ4n) is 1.23. The Labute approximate surface area is 104 Å². The number of benzene rings is 1. The second-order valence-electron chi connectivity index (χ2n) is 3.53. The third-order valence-electron chi connectivity index (χ3n) is 2.07. The number of hydrogen-bond acceptors (Lipinski definition) is 3. The maximum atomic E-state index is 11.3. The summed E-state index contributed by atoms with van der Waals surface area (Å²) in [5.74, 6) is -0.772. The Hall–Kier alpha value is -1.55. The number of aliphatic carboxylic acids is 1. The van der Waals surface area contributed by atoms with Crippen LogP contribution in [0.2, 0.25) is 5.02 Å². The summed E-state index contributed by atoms with van der Waals surface area (Å²) in [7, 11) is 0. The molecule has 0 saturated carbocycles. The van der Waals surface area contributed by atoms with Crippen LogP contribution in [0.4, 0.5) is 0 Å². The maximum Gasteiger partial charge on any atom is 0.311 e. The lowest BCUT2D eigenvalue weighted by Gasteiger charge is -2.03. The monoisotopic (exact) mass is 256 g/mol. The van der Waals surface area contributed by atoms with E-state index in [0.717, 1.165) is 0 Å². The van der Waals surface area contributed by atoms with Crippen LogP contribution in [0.1, 0.15) is 25.7 Å². The molecule has 0 saturated heterocycles. The molecule has 1 aromatic carbocycles. The molecular weight excluding hydrogens is 244 g/mol. The molecule has 1 rings (SSSR count). The zero-order chi connectivity index (χ0) is 12.7. The minimum atomic E-state index is -0.851. The maximum absolute atomic E-state index is 11.3. The number of carboxylic acids is 1. The van der Waals surface area contributed by atoms with Crippen molar-refractivity contribution in [2.75, 3.05) is 0 Å². The van der Waals surface area contributed by atoms with Gasteiger partial charge >= 0.3 is 11.9 Å². The first kappa shape index (κ1) is 13.5. The molecule has 0 spiro atoms. The Morgan fingerprint density at radius 2 is 1.71 bits per heavy atom. The lowest BCUT2D eigenvalue weighted by molar-refractivity contribution is -0.138. The fraction of sp³-hybridized carbons (Fsp3) is 0.333. The van der Waals surface area contributed by atoms with Gasteiger partial charge in [0.2, 0.25) is 0 Å². The zero-order valence-corrected chi connectivity index (χ0v) is 9.94. The van der Waals surface area contributed by atoms with Gasteiger partial charge in [-0.2, -0.15) is 0 Å². The molecule has 17 heavy (non-hydrogen) atoms. The molecule has 0 radical (unpaired) electrons. The molecule has 1 N–H and O–H groups in total. The fourth-order valence-corrected chi connectivity index (χ4v) is 1.36. The van der Waals surface area contributed by atoms with Crippen molar-refractivity contribution in [3.05, 3.63) is 29.3 Å². The van der Waals surface area contributed by atoms with E-state index in [1.807, 2.05) is 0 Å². The first-order valence-electron chi connectivity index (χ1n) is 5.26. The quantitative estimate of drug-likeness (QED) is 0.483. The van der Waals surface area contributed by atoms with Crippen LogP contribution in [0.3, 0.4) is 0 Å². The minimum Gasteiger partial charge on any atom is -0.481 e. The SMILES string of the molecule is O=C(O)CCCCC(=O)Oc1ccc(Cl)cc1. The van der Waals surface area contributed by atoms with Crippen molar-refractivity contribution in [3.8, 4) is 5.75 Å². The van der Waals surface area contributed by atoms with Gasteiger partial charge in [-0.05, 0) is 37.1 Å². The first-order chi connectivity index (χ1) is 8.08. The van der Waals surface area contributed by atoms with E-state index in [1.54, 1.807) is 24.3 Å². The summed E-state index contributed by atoms with van der Waals surface area (Å²) in [5.41, 5.74) is 0. The van der Waals surface area contributed by atoms with Gasteiger partial charge in [-0.3, -0.25) is 9.59 Å². The van der Waals surface area contributed by atoms with E-state index < -0.39 is 5.97 Å². The van der Waals surface area contributed by atoms with Crippen LogP contribution < -0.4 is 4.74 Å². The molecule has 5 heteroatoms. The molecule has 0 fully saturated rings. The zero-order valence-electron chi connectivity index (χ0n) is 9.19. The number of unbranched alkanes of at least 4 members (excludes halogenated alkanes) is 1. The van der Waals surface area contributed by atoms with E-state index >= 15 is 0 Å². The predicted molar refractivity (Wildman–Crippen MR) is 63.2 cm³/mol. The average molecular weight is 257 g/mol. The van der Waals surface area contributed by atoms with Gasteiger partial charge in [0.15, 0.2) is 0 Å². The van der Waals surface area contributed by atoms with Crippen LogP contribution in [0.5, 0.6) is 5.75 Å². The summed E-state index contributed by atoms with van der Waals surface area (Å²) in [6, 6.07) is 6.48. The Bertz CT molecular complexity index is 386. The van der Waals surface area contributed by atoms with E-state index in [1.165, 1.54) is 0 Å². The molecule has 0 amide bonds. The van der Waals surface area contributed by atoms with Gasteiger partial charge in [-0.15, -0.1) is 0 Å². The van der Waals surface area contributed by atoms with Gasteiger partial charge in [0.05, 0.1) is 0 Å². The van der Waals surface area contributed by atoms with E-state index in [9.17, 15) is 9.59 Å². The van der Waals surface area contributed by atoms with Crippen LogP contribution in [-0.4, -0.2) is 17.0 Å². The second-order valence-corrected chi connectivity index (χ2v) is 3.97. The van der Waals surface area contributed by atoms with E-state index in [4.69, 9.17) is 21.4 Å². The number of rotatable bonds is 6. The molecule has 0 unspecified atom stereocenters. The Morgan fingerprint density at radius 1 is 1.12 bits per heavy atom. The molecule has 0 atom stereocenters. The van der Waals surface area contributed by atoms with Crippen molar-refractivity contribution in [3.63, 3.8) is 0 Å². The van der Waals surface area contributed by atoms with Crippen molar-refractivity contribution in [2.24, 2.45) is 0 Å².